The number of carboxylic acid groups (broad SMARTS) is 1. The van der Waals surface area contributed by atoms with Gasteiger partial charge in [-0.05, 0) is 36.6 Å². The first-order valence-electron chi connectivity index (χ1n) is 10.3. The second-order valence-corrected chi connectivity index (χ2v) is 7.51. The highest BCUT2D eigenvalue weighted by Crippen LogP contribution is 2.25. The highest BCUT2D eigenvalue weighted by molar-refractivity contribution is 6.30. The summed E-state index contributed by atoms with van der Waals surface area (Å²) >= 11 is 6.06. The van der Waals surface area contributed by atoms with Crippen LogP contribution in [0.2, 0.25) is 5.02 Å². The molecular formula is C22H36Cl2O3. The summed E-state index contributed by atoms with van der Waals surface area (Å²) in [5, 5.41) is 9.43. The summed E-state index contributed by atoms with van der Waals surface area (Å²) in [4.78, 5) is 10.7. The van der Waals surface area contributed by atoms with Crippen molar-refractivity contribution in [3.63, 3.8) is 0 Å². The first kappa shape index (κ1) is 26.1. The monoisotopic (exact) mass is 418 g/mol. The van der Waals surface area contributed by atoms with E-state index in [0.717, 1.165) is 18.4 Å². The maximum absolute atomic E-state index is 10.7. The summed E-state index contributed by atoms with van der Waals surface area (Å²) in [6.45, 7) is 1.95. The molecule has 0 heterocycles. The Morgan fingerprint density at radius 3 is 1.96 bits per heavy atom. The molecule has 0 atom stereocenters. The Kier molecular flexibility index (Phi) is 16.6. The molecule has 3 nitrogen and oxygen atoms in total. The molecular weight excluding hydrogens is 383 g/mol. The molecule has 0 aliphatic heterocycles. The maximum Gasteiger partial charge on any atom is 0.341 e. The van der Waals surface area contributed by atoms with E-state index in [0.29, 0.717) is 10.8 Å². The minimum absolute atomic E-state index is 0. The normalized spacial score (nSPS) is 10.4. The van der Waals surface area contributed by atoms with Crippen LogP contribution in [0.15, 0.2) is 18.2 Å². The summed E-state index contributed by atoms with van der Waals surface area (Å²) in [5.41, 5.74) is 1.01. The number of rotatable bonds is 16. The zero-order chi connectivity index (χ0) is 19.0. The van der Waals surface area contributed by atoms with Crippen LogP contribution in [-0.4, -0.2) is 17.7 Å². The van der Waals surface area contributed by atoms with Gasteiger partial charge in [0.2, 0.25) is 0 Å². The summed E-state index contributed by atoms with van der Waals surface area (Å²) < 4.78 is 5.35. The molecule has 0 spiro atoms. The van der Waals surface area contributed by atoms with Crippen LogP contribution in [-0.2, 0) is 11.2 Å². The first-order valence-corrected chi connectivity index (χ1v) is 10.6. The predicted octanol–water partition coefficient (Wildman–Crippen LogP) is 7.47. The Morgan fingerprint density at radius 1 is 0.926 bits per heavy atom. The van der Waals surface area contributed by atoms with Crippen LogP contribution in [0.25, 0.3) is 0 Å². The number of carbonyl (C=O) groups is 1. The maximum atomic E-state index is 10.7. The van der Waals surface area contributed by atoms with Crippen LogP contribution in [0.4, 0.5) is 0 Å². The number of carboxylic acids is 1. The fourth-order valence-corrected chi connectivity index (χ4v) is 3.37. The molecule has 0 bridgehead atoms. The number of aliphatic carboxylic acids is 1. The Hall–Kier alpha value is -0.930. The molecule has 0 saturated heterocycles. The number of ether oxygens (including phenoxy) is 1. The molecule has 156 valence electrons. The predicted molar refractivity (Wildman–Crippen MR) is 117 cm³/mol. The van der Waals surface area contributed by atoms with Gasteiger partial charge in [-0.1, -0.05) is 89.2 Å². The van der Waals surface area contributed by atoms with Gasteiger partial charge in [-0.25, -0.2) is 4.79 Å². The lowest BCUT2D eigenvalue weighted by molar-refractivity contribution is -0.139. The molecule has 0 aromatic heterocycles. The second kappa shape index (κ2) is 17.2. The fourth-order valence-electron chi connectivity index (χ4n) is 3.18. The van der Waals surface area contributed by atoms with Gasteiger partial charge < -0.3 is 9.84 Å². The molecule has 0 unspecified atom stereocenters. The van der Waals surface area contributed by atoms with E-state index in [9.17, 15) is 4.79 Å². The third-order valence-corrected chi connectivity index (χ3v) is 4.91. The molecule has 1 aromatic rings. The van der Waals surface area contributed by atoms with Gasteiger partial charge in [0.15, 0.2) is 6.61 Å². The zero-order valence-corrected chi connectivity index (χ0v) is 18.3. The summed E-state index contributed by atoms with van der Waals surface area (Å²) in [6, 6.07) is 5.39. The average Bonchev–Trinajstić information content (AvgIpc) is 2.61. The Balaban J connectivity index is 0.00000676. The topological polar surface area (TPSA) is 46.5 Å². The fraction of sp³-hybridized carbons (Fsp3) is 0.682. The van der Waals surface area contributed by atoms with Crippen LogP contribution in [0, 0.1) is 0 Å². The van der Waals surface area contributed by atoms with E-state index in [2.05, 4.69) is 6.92 Å². The van der Waals surface area contributed by atoms with Crippen LogP contribution in [0.5, 0.6) is 5.75 Å². The van der Waals surface area contributed by atoms with Crippen LogP contribution in [0.3, 0.4) is 0 Å². The summed E-state index contributed by atoms with van der Waals surface area (Å²) in [6.07, 6.45) is 16.7. The number of halogens is 2. The van der Waals surface area contributed by atoms with E-state index < -0.39 is 5.97 Å². The molecule has 0 saturated carbocycles. The van der Waals surface area contributed by atoms with E-state index >= 15 is 0 Å². The third-order valence-electron chi connectivity index (χ3n) is 4.67. The van der Waals surface area contributed by atoms with Gasteiger partial charge in [0, 0.05) is 5.02 Å². The number of hydrogen-bond acceptors (Lipinski definition) is 2. The standard InChI is InChI=1S/C22H35ClO3.ClH/c1-2-3-4-5-6-7-8-9-10-11-12-13-14-19-17-20(23)15-16-21(19)26-18-22(24)25;/h15-17H,2-14,18H2,1H3,(H,24,25);1H. The number of aryl methyl sites for hydroxylation is 1. The van der Waals surface area contributed by atoms with Gasteiger partial charge in [0.05, 0.1) is 0 Å². The number of unbranched alkanes of at least 4 members (excludes halogenated alkanes) is 11. The Bertz CT molecular complexity index is 506. The van der Waals surface area contributed by atoms with E-state index in [4.69, 9.17) is 21.4 Å². The van der Waals surface area contributed by atoms with Crippen molar-refractivity contribution in [1.29, 1.82) is 0 Å². The van der Waals surface area contributed by atoms with Crippen molar-refractivity contribution in [1.82, 2.24) is 0 Å². The van der Waals surface area contributed by atoms with E-state index in [1.165, 1.54) is 70.6 Å². The quantitative estimate of drug-likeness (QED) is 0.283. The van der Waals surface area contributed by atoms with Crippen molar-refractivity contribution in [3.8, 4) is 5.75 Å². The van der Waals surface area contributed by atoms with Gasteiger partial charge in [-0.3, -0.25) is 0 Å². The zero-order valence-electron chi connectivity index (χ0n) is 16.7. The van der Waals surface area contributed by atoms with Crippen molar-refractivity contribution < 1.29 is 14.6 Å². The average molecular weight is 419 g/mol. The largest absolute Gasteiger partial charge is 0.482 e. The SMILES string of the molecule is CCCCCCCCCCCCCCc1cc(Cl)ccc1OCC(=O)O.Cl. The van der Waals surface area contributed by atoms with Crippen molar-refractivity contribution >= 4 is 30.0 Å². The molecule has 1 rings (SSSR count). The van der Waals surface area contributed by atoms with E-state index in [1.807, 2.05) is 6.07 Å². The molecule has 0 aliphatic rings. The molecule has 27 heavy (non-hydrogen) atoms. The van der Waals surface area contributed by atoms with Crippen LogP contribution < -0.4 is 4.74 Å². The van der Waals surface area contributed by atoms with Gasteiger partial charge in [-0.2, -0.15) is 0 Å². The minimum atomic E-state index is -0.962. The van der Waals surface area contributed by atoms with E-state index in [1.54, 1.807) is 12.1 Å². The number of hydrogen-bond donors (Lipinski definition) is 1. The van der Waals surface area contributed by atoms with Gasteiger partial charge in [-0.15, -0.1) is 12.4 Å². The third kappa shape index (κ3) is 13.8. The van der Waals surface area contributed by atoms with Crippen molar-refractivity contribution in [2.45, 2.75) is 90.4 Å². The molecule has 0 aliphatic carbocycles. The van der Waals surface area contributed by atoms with Crippen LogP contribution >= 0.6 is 24.0 Å². The van der Waals surface area contributed by atoms with Crippen molar-refractivity contribution in [2.24, 2.45) is 0 Å². The molecule has 1 aromatic carbocycles. The van der Waals surface area contributed by atoms with Crippen molar-refractivity contribution in [2.75, 3.05) is 6.61 Å². The summed E-state index contributed by atoms with van der Waals surface area (Å²) in [5.74, 6) is -0.323. The minimum Gasteiger partial charge on any atom is -0.482 e. The van der Waals surface area contributed by atoms with Gasteiger partial charge in [0.25, 0.3) is 0 Å². The molecule has 5 heteroatoms. The lowest BCUT2D eigenvalue weighted by Gasteiger charge is -2.10. The highest BCUT2D eigenvalue weighted by Gasteiger charge is 2.07. The summed E-state index contributed by atoms with van der Waals surface area (Å²) in [7, 11) is 0. The van der Waals surface area contributed by atoms with Gasteiger partial charge >= 0.3 is 5.97 Å². The van der Waals surface area contributed by atoms with E-state index in [-0.39, 0.29) is 19.0 Å². The molecule has 0 fully saturated rings. The van der Waals surface area contributed by atoms with Gasteiger partial charge in [0.1, 0.15) is 5.75 Å². The Labute approximate surface area is 176 Å². The molecule has 1 N–H and O–H groups in total. The Morgan fingerprint density at radius 2 is 1.44 bits per heavy atom. The molecule has 0 amide bonds. The first-order chi connectivity index (χ1) is 12.6. The lowest BCUT2D eigenvalue weighted by atomic mass is 10.0. The lowest BCUT2D eigenvalue weighted by Crippen LogP contribution is -2.10. The number of benzene rings is 1. The smallest absolute Gasteiger partial charge is 0.341 e. The second-order valence-electron chi connectivity index (χ2n) is 7.07. The van der Waals surface area contributed by atoms with Crippen LogP contribution in [0.1, 0.15) is 89.5 Å². The molecule has 0 radical (unpaired) electrons. The van der Waals surface area contributed by atoms with Crippen molar-refractivity contribution in [3.05, 3.63) is 28.8 Å². The highest BCUT2D eigenvalue weighted by atomic mass is 35.5.